The molecule has 0 amide bonds. The average Bonchev–Trinajstić information content (AvgIpc) is 3.31. The Kier molecular flexibility index (Phi) is 4.91. The number of ether oxygens (including phenoxy) is 3. The molecule has 1 spiro atoms. The van der Waals surface area contributed by atoms with Gasteiger partial charge >= 0.3 is 0 Å². The second-order valence-corrected chi connectivity index (χ2v) is 12.5. The predicted octanol–water partition coefficient (Wildman–Crippen LogP) is 3.91. The van der Waals surface area contributed by atoms with Crippen molar-refractivity contribution >= 4 is 12.1 Å². The summed E-state index contributed by atoms with van der Waals surface area (Å²) in [5.74, 6) is -0.671. The monoisotopic (exact) mass is 493 g/mol. The van der Waals surface area contributed by atoms with Crippen molar-refractivity contribution in [2.45, 2.75) is 71.6 Å². The molecule has 0 unspecified atom stereocenters. The number of carbonyl (C=O) groups is 2. The number of fused-ring (bicyclic) bond motifs is 5. The fourth-order valence-electron chi connectivity index (χ4n) is 8.00. The van der Waals surface area contributed by atoms with Gasteiger partial charge in [-0.25, -0.2) is 4.98 Å². The molecule has 3 fully saturated rings. The van der Waals surface area contributed by atoms with Crippen LogP contribution in [0.3, 0.4) is 0 Å². The van der Waals surface area contributed by atoms with E-state index in [4.69, 9.17) is 14.2 Å². The van der Waals surface area contributed by atoms with E-state index < -0.39 is 29.0 Å². The minimum absolute atomic E-state index is 0.0287. The number of Topliss-reactive ketones (excluding diaryl/α,β-unsaturated/α-hetero) is 1. The fraction of sp³-hybridized carbons (Fsp3) is 0.621. The van der Waals surface area contributed by atoms with Crippen molar-refractivity contribution in [1.29, 1.82) is 0 Å². The van der Waals surface area contributed by atoms with Crippen molar-refractivity contribution in [1.82, 2.24) is 4.98 Å². The van der Waals surface area contributed by atoms with Gasteiger partial charge in [-0.15, -0.1) is 0 Å². The van der Waals surface area contributed by atoms with E-state index in [0.717, 1.165) is 17.6 Å². The van der Waals surface area contributed by atoms with Gasteiger partial charge in [-0.05, 0) is 73.6 Å². The highest BCUT2D eigenvalue weighted by Gasteiger charge is 2.77. The maximum absolute atomic E-state index is 14.7. The molecule has 7 nitrogen and oxygen atoms in total. The third kappa shape index (κ3) is 2.88. The van der Waals surface area contributed by atoms with Crippen LogP contribution in [-0.4, -0.2) is 52.4 Å². The van der Waals surface area contributed by atoms with Crippen LogP contribution in [0.25, 0.3) is 0 Å². The number of nitrogens with zero attached hydrogens (tertiary/aromatic N) is 1. The molecule has 6 rings (SSSR count). The summed E-state index contributed by atoms with van der Waals surface area (Å²) in [4.78, 5) is 30.7. The first-order chi connectivity index (χ1) is 16.9. The lowest BCUT2D eigenvalue weighted by molar-refractivity contribution is -0.301. The Morgan fingerprint density at radius 2 is 2.00 bits per heavy atom. The number of pyridine rings is 1. The van der Waals surface area contributed by atoms with Gasteiger partial charge in [-0.1, -0.05) is 32.9 Å². The zero-order valence-electron chi connectivity index (χ0n) is 21.8. The summed E-state index contributed by atoms with van der Waals surface area (Å²) < 4.78 is 18.9. The summed E-state index contributed by atoms with van der Waals surface area (Å²) in [6.07, 6.45) is 5.29. The van der Waals surface area contributed by atoms with Gasteiger partial charge in [-0.2, -0.15) is 0 Å². The van der Waals surface area contributed by atoms with Crippen molar-refractivity contribution in [3.63, 3.8) is 0 Å². The number of hydrogen-bond donors (Lipinski definition) is 1. The van der Waals surface area contributed by atoms with Crippen molar-refractivity contribution in [3.8, 4) is 5.88 Å². The molecule has 1 N–H and O–H groups in total. The lowest BCUT2D eigenvalue weighted by atomic mass is 9.59. The third-order valence-corrected chi connectivity index (χ3v) is 9.83. The van der Waals surface area contributed by atoms with Gasteiger partial charge in [0.15, 0.2) is 29.6 Å². The molecule has 0 aromatic carbocycles. The highest BCUT2D eigenvalue weighted by Crippen LogP contribution is 2.72. The second-order valence-electron chi connectivity index (χ2n) is 12.5. The molecule has 0 radical (unpaired) electrons. The summed E-state index contributed by atoms with van der Waals surface area (Å²) in [6, 6.07) is 3.29. The van der Waals surface area contributed by atoms with Crippen LogP contribution in [0.5, 0.6) is 5.88 Å². The topological polar surface area (TPSA) is 95.0 Å². The van der Waals surface area contributed by atoms with Crippen LogP contribution in [0.2, 0.25) is 0 Å². The Morgan fingerprint density at radius 1 is 1.25 bits per heavy atom. The lowest BCUT2D eigenvalue weighted by Crippen LogP contribution is -2.68. The van der Waals surface area contributed by atoms with Crippen LogP contribution in [0.1, 0.15) is 58.3 Å². The Bertz CT molecular complexity index is 1220. The van der Waals surface area contributed by atoms with Crippen LogP contribution in [-0.2, 0) is 14.3 Å². The van der Waals surface area contributed by atoms with Crippen LogP contribution >= 0.6 is 0 Å². The third-order valence-electron chi connectivity index (χ3n) is 9.83. The second kappa shape index (κ2) is 7.36. The molecule has 1 aliphatic heterocycles. The van der Waals surface area contributed by atoms with Crippen LogP contribution in [0.4, 0.5) is 0 Å². The summed E-state index contributed by atoms with van der Waals surface area (Å²) in [6.45, 7) is 12.4. The summed E-state index contributed by atoms with van der Waals surface area (Å²) in [5, 5.41) is 13.0. The number of aromatic nitrogens is 1. The minimum Gasteiger partial charge on any atom is -0.466 e. The number of aliphatic hydroxyl groups is 1. The number of hydrogen-bond acceptors (Lipinski definition) is 7. The molecule has 2 heterocycles. The number of aldehydes is 1. The van der Waals surface area contributed by atoms with E-state index in [1.807, 2.05) is 32.9 Å². The maximum atomic E-state index is 14.7. The van der Waals surface area contributed by atoms with E-state index in [1.54, 1.807) is 18.3 Å². The molecule has 4 aliphatic carbocycles. The molecule has 1 aromatic rings. The molecule has 5 aliphatic rings. The highest BCUT2D eigenvalue weighted by atomic mass is 16.7. The summed E-state index contributed by atoms with van der Waals surface area (Å²) in [5.41, 5.74) is -1.09. The van der Waals surface area contributed by atoms with Crippen LogP contribution < -0.4 is 4.74 Å². The molecule has 2 saturated carbocycles. The van der Waals surface area contributed by atoms with Crippen molar-refractivity contribution in [2.75, 3.05) is 6.61 Å². The van der Waals surface area contributed by atoms with Crippen molar-refractivity contribution in [2.24, 2.45) is 34.5 Å². The van der Waals surface area contributed by atoms with Gasteiger partial charge in [0.25, 0.3) is 0 Å². The summed E-state index contributed by atoms with van der Waals surface area (Å²) in [7, 11) is 0. The number of carbonyl (C=O) groups excluding carboxylic acids is 2. The Morgan fingerprint density at radius 3 is 2.72 bits per heavy atom. The van der Waals surface area contributed by atoms with E-state index in [0.29, 0.717) is 12.2 Å². The van der Waals surface area contributed by atoms with E-state index in [9.17, 15) is 14.7 Å². The Hall–Kier alpha value is -2.35. The van der Waals surface area contributed by atoms with Gasteiger partial charge < -0.3 is 19.3 Å². The molecule has 36 heavy (non-hydrogen) atoms. The fourth-order valence-corrected chi connectivity index (χ4v) is 8.00. The smallest absolute Gasteiger partial charge is 0.224 e. The van der Waals surface area contributed by atoms with E-state index in [1.165, 1.54) is 0 Å². The van der Waals surface area contributed by atoms with Gasteiger partial charge in [0.1, 0.15) is 6.10 Å². The number of rotatable bonds is 3. The van der Waals surface area contributed by atoms with Gasteiger partial charge in [0.2, 0.25) is 5.88 Å². The molecule has 8 atom stereocenters. The largest absolute Gasteiger partial charge is 0.466 e. The summed E-state index contributed by atoms with van der Waals surface area (Å²) >= 11 is 0. The zero-order valence-corrected chi connectivity index (χ0v) is 21.8. The Balaban J connectivity index is 1.57. The predicted molar refractivity (Wildman–Crippen MR) is 131 cm³/mol. The molecular weight excluding hydrogens is 458 g/mol. The normalized spacial score (nSPS) is 43.6. The standard InChI is InChI=1S/C29H35NO6/c1-15-12-28-16(2)10-20-21(26(20,3)4)19(22(28)32)11-18-14-34-27(5,6)36-24(18)29(28,33)23(15)35-25-17(13-31)8-7-9-30-25/h7-9,11-13,16,19-21,23-24,33H,10,14H2,1-6H3/t16-,19+,20-,21+,23+,24-,28+,29-/m1/s1. The average molecular weight is 494 g/mol. The van der Waals surface area contributed by atoms with Crippen LogP contribution in [0, 0.1) is 34.5 Å². The molecule has 192 valence electrons. The van der Waals surface area contributed by atoms with Gasteiger partial charge in [0.05, 0.1) is 17.6 Å². The molecule has 1 saturated heterocycles. The molecular formula is C29H35NO6. The SMILES string of the molecule is CC1=C[C@]23C(=O)[C@@H](C=C4COC(C)(C)O[C@H]4[C@]2(O)[C@H]1Oc1ncccc1C=O)[C@H]1[C@@H](C[C@H]3C)C1(C)C. The van der Waals surface area contributed by atoms with E-state index >= 15 is 0 Å². The minimum atomic E-state index is -1.74. The first-order valence-electron chi connectivity index (χ1n) is 12.9. The van der Waals surface area contributed by atoms with Crippen LogP contribution in [0.15, 0.2) is 41.6 Å². The van der Waals surface area contributed by atoms with Crippen molar-refractivity contribution < 1.29 is 28.9 Å². The Labute approximate surface area is 211 Å². The highest BCUT2D eigenvalue weighted by molar-refractivity contribution is 5.95. The van der Waals surface area contributed by atoms with Gasteiger partial charge in [-0.3, -0.25) is 9.59 Å². The molecule has 7 heteroatoms. The molecule has 1 aromatic heterocycles. The quantitative estimate of drug-likeness (QED) is 0.504. The first-order valence-corrected chi connectivity index (χ1v) is 12.9. The first kappa shape index (κ1) is 24.0. The number of allylic oxidation sites excluding steroid dienone is 1. The molecule has 2 bridgehead atoms. The zero-order chi connectivity index (χ0) is 25.8. The van der Waals surface area contributed by atoms with E-state index in [-0.39, 0.29) is 47.0 Å². The lowest BCUT2D eigenvalue weighted by Gasteiger charge is -2.52. The van der Waals surface area contributed by atoms with Gasteiger partial charge in [0, 0.05) is 12.1 Å². The van der Waals surface area contributed by atoms with Crippen molar-refractivity contribution in [3.05, 3.63) is 47.2 Å². The van der Waals surface area contributed by atoms with E-state index in [2.05, 4.69) is 25.8 Å². The number of ketones is 1. The maximum Gasteiger partial charge on any atom is 0.224 e.